The van der Waals surface area contributed by atoms with Crippen molar-refractivity contribution in [2.75, 3.05) is 38.5 Å². The van der Waals surface area contributed by atoms with E-state index in [4.69, 9.17) is 0 Å². The summed E-state index contributed by atoms with van der Waals surface area (Å²) in [6, 6.07) is 1.59. The maximum atomic E-state index is 12.2. The molecule has 0 spiro atoms. The Kier molecular flexibility index (Phi) is 10.3. The molecule has 1 aliphatic heterocycles. The molecule has 1 aromatic heterocycles. The Morgan fingerprint density at radius 1 is 1.42 bits per heavy atom. The zero-order valence-corrected chi connectivity index (χ0v) is 19.6. The molecule has 0 aromatic carbocycles. The summed E-state index contributed by atoms with van der Waals surface area (Å²) in [6.07, 6.45) is 4.46. The molecule has 2 N–H and O–H groups in total. The van der Waals surface area contributed by atoms with Gasteiger partial charge in [-0.15, -0.1) is 24.0 Å². The highest BCUT2D eigenvalue weighted by Crippen LogP contribution is 2.21. The molecule has 0 radical (unpaired) electrons. The Morgan fingerprint density at radius 2 is 2.19 bits per heavy atom. The molecule has 1 aromatic rings. The Hall–Kier alpha value is -0.460. The first-order valence-corrected chi connectivity index (χ1v) is 11.3. The van der Waals surface area contributed by atoms with Gasteiger partial charge in [-0.1, -0.05) is 6.92 Å². The molecule has 1 unspecified atom stereocenters. The molecular weight excluding hydrogens is 485 g/mol. The molecular formula is C16H30IN5O2S2. The van der Waals surface area contributed by atoms with E-state index in [0.717, 1.165) is 37.8 Å². The number of nitrogens with zero attached hydrogens (tertiary/aromatic N) is 3. The second kappa shape index (κ2) is 11.4. The van der Waals surface area contributed by atoms with Crippen LogP contribution in [0.4, 0.5) is 0 Å². The second-order valence-corrected chi connectivity index (χ2v) is 9.17. The average Bonchev–Trinajstić information content (AvgIpc) is 3.05. The summed E-state index contributed by atoms with van der Waals surface area (Å²) in [4.78, 5) is 7.16. The van der Waals surface area contributed by atoms with E-state index in [1.54, 1.807) is 30.1 Å². The average molecular weight is 515 g/mol. The molecule has 1 atom stereocenters. The third-order valence-corrected chi connectivity index (χ3v) is 6.83. The molecule has 0 bridgehead atoms. The van der Waals surface area contributed by atoms with Gasteiger partial charge in [0.05, 0.1) is 11.4 Å². The van der Waals surface area contributed by atoms with E-state index < -0.39 is 10.0 Å². The molecule has 0 amide bonds. The number of hydrogen-bond donors (Lipinski definition) is 2. The Bertz CT molecular complexity index is 678. The van der Waals surface area contributed by atoms with Crippen LogP contribution in [0.1, 0.15) is 20.3 Å². The van der Waals surface area contributed by atoms with Crippen LogP contribution in [0.15, 0.2) is 28.3 Å². The summed E-state index contributed by atoms with van der Waals surface area (Å²) in [5.74, 6) is 1.98. The van der Waals surface area contributed by atoms with Gasteiger partial charge in [0.25, 0.3) is 0 Å². The summed E-state index contributed by atoms with van der Waals surface area (Å²) in [5, 5.41) is 3.95. The zero-order chi connectivity index (χ0) is 18.3. The molecule has 0 aliphatic carbocycles. The van der Waals surface area contributed by atoms with Gasteiger partial charge in [0.2, 0.25) is 10.0 Å². The predicted octanol–water partition coefficient (Wildman–Crippen LogP) is 1.71. The number of guanidine groups is 1. The van der Waals surface area contributed by atoms with E-state index in [1.807, 2.05) is 18.7 Å². The highest BCUT2D eigenvalue weighted by molar-refractivity contribution is 14.0. The fourth-order valence-electron chi connectivity index (χ4n) is 2.65. The standard InChI is InChI=1S/C16H29N5O2S2.HI/c1-4-14-12-21(10-11-24-14)16(17-5-2)18-7-8-19-25(22,23)15-6-9-20(3)13-15;/h6,9,13-14,19H,4-5,7-8,10-12H2,1-3H3,(H,17,18);1H. The van der Waals surface area contributed by atoms with Gasteiger partial charge in [0, 0.05) is 56.6 Å². The molecule has 1 fully saturated rings. The van der Waals surface area contributed by atoms with Gasteiger partial charge in [-0.2, -0.15) is 11.8 Å². The number of rotatable bonds is 7. The Morgan fingerprint density at radius 3 is 2.81 bits per heavy atom. The van der Waals surface area contributed by atoms with Gasteiger partial charge >= 0.3 is 0 Å². The number of aryl methyl sites for hydroxylation is 1. The SMILES string of the molecule is CCNC(=NCCNS(=O)(=O)c1ccn(C)c1)N1CCSC(CC)C1.I. The van der Waals surface area contributed by atoms with Crippen LogP contribution in [0.3, 0.4) is 0 Å². The lowest BCUT2D eigenvalue weighted by molar-refractivity contribution is 0.408. The highest BCUT2D eigenvalue weighted by atomic mass is 127. The quantitative estimate of drug-likeness (QED) is 0.250. The van der Waals surface area contributed by atoms with Gasteiger partial charge in [-0.25, -0.2) is 13.1 Å². The zero-order valence-electron chi connectivity index (χ0n) is 15.6. The molecule has 0 saturated carbocycles. The number of halogens is 1. The fourth-order valence-corrected chi connectivity index (χ4v) is 4.90. The summed E-state index contributed by atoms with van der Waals surface area (Å²) >= 11 is 2.02. The maximum absolute atomic E-state index is 12.2. The van der Waals surface area contributed by atoms with Gasteiger partial charge < -0.3 is 14.8 Å². The third kappa shape index (κ3) is 6.93. The lowest BCUT2D eigenvalue weighted by atomic mass is 10.3. The van der Waals surface area contributed by atoms with Crippen molar-refractivity contribution in [2.45, 2.75) is 30.4 Å². The minimum atomic E-state index is -3.46. The van der Waals surface area contributed by atoms with Crippen molar-refractivity contribution in [3.63, 3.8) is 0 Å². The molecule has 10 heteroatoms. The number of hydrogen-bond acceptors (Lipinski definition) is 4. The van der Waals surface area contributed by atoms with E-state index in [9.17, 15) is 8.42 Å². The molecule has 150 valence electrons. The Labute approximate surface area is 178 Å². The van der Waals surface area contributed by atoms with Crippen molar-refractivity contribution in [3.8, 4) is 0 Å². The van der Waals surface area contributed by atoms with Crippen LogP contribution >= 0.6 is 35.7 Å². The topological polar surface area (TPSA) is 78.7 Å². The summed E-state index contributed by atoms with van der Waals surface area (Å²) in [5.41, 5.74) is 0. The molecule has 7 nitrogen and oxygen atoms in total. The first-order chi connectivity index (χ1) is 12.0. The third-order valence-electron chi connectivity index (χ3n) is 4.01. The fraction of sp³-hybridized carbons (Fsp3) is 0.688. The van der Waals surface area contributed by atoms with Crippen LogP contribution in [0.2, 0.25) is 0 Å². The van der Waals surface area contributed by atoms with Crippen LogP contribution in [0.25, 0.3) is 0 Å². The molecule has 1 saturated heterocycles. The van der Waals surface area contributed by atoms with Gasteiger partial charge in [-0.3, -0.25) is 4.99 Å². The number of aromatic nitrogens is 1. The van der Waals surface area contributed by atoms with Crippen molar-refractivity contribution < 1.29 is 8.42 Å². The van der Waals surface area contributed by atoms with Gasteiger partial charge in [0.15, 0.2) is 5.96 Å². The molecule has 26 heavy (non-hydrogen) atoms. The lowest BCUT2D eigenvalue weighted by Gasteiger charge is -2.34. The Balaban J connectivity index is 0.00000338. The van der Waals surface area contributed by atoms with Crippen LogP contribution in [0.5, 0.6) is 0 Å². The van der Waals surface area contributed by atoms with E-state index >= 15 is 0 Å². The lowest BCUT2D eigenvalue weighted by Crippen LogP contribution is -2.48. The minimum Gasteiger partial charge on any atom is -0.357 e. The van der Waals surface area contributed by atoms with Crippen molar-refractivity contribution in [3.05, 3.63) is 18.5 Å². The van der Waals surface area contributed by atoms with Crippen molar-refractivity contribution in [2.24, 2.45) is 12.0 Å². The number of nitrogens with one attached hydrogen (secondary N) is 2. The summed E-state index contributed by atoms with van der Waals surface area (Å²) < 4.78 is 28.7. The van der Waals surface area contributed by atoms with Crippen molar-refractivity contribution >= 4 is 51.7 Å². The van der Waals surface area contributed by atoms with Crippen LogP contribution in [-0.4, -0.2) is 67.6 Å². The van der Waals surface area contributed by atoms with E-state index in [2.05, 4.69) is 26.9 Å². The van der Waals surface area contributed by atoms with Crippen LogP contribution < -0.4 is 10.0 Å². The highest BCUT2D eigenvalue weighted by Gasteiger charge is 2.21. The predicted molar refractivity (Wildman–Crippen MR) is 120 cm³/mol. The molecule has 2 rings (SSSR count). The van der Waals surface area contributed by atoms with E-state index in [0.29, 0.717) is 11.8 Å². The number of thioether (sulfide) groups is 1. The van der Waals surface area contributed by atoms with E-state index in [-0.39, 0.29) is 35.4 Å². The summed E-state index contributed by atoms with van der Waals surface area (Å²) in [6.45, 7) is 7.72. The molecule has 2 heterocycles. The van der Waals surface area contributed by atoms with E-state index in [1.165, 1.54) is 0 Å². The van der Waals surface area contributed by atoms with Gasteiger partial charge in [-0.05, 0) is 19.4 Å². The van der Waals surface area contributed by atoms with Crippen molar-refractivity contribution in [1.29, 1.82) is 0 Å². The first kappa shape index (κ1) is 23.6. The maximum Gasteiger partial charge on any atom is 0.242 e. The summed E-state index contributed by atoms with van der Waals surface area (Å²) in [7, 11) is -1.67. The second-order valence-electron chi connectivity index (χ2n) is 5.99. The number of sulfonamides is 1. The molecule has 1 aliphatic rings. The monoisotopic (exact) mass is 515 g/mol. The van der Waals surface area contributed by atoms with Gasteiger partial charge in [0.1, 0.15) is 0 Å². The largest absolute Gasteiger partial charge is 0.357 e. The van der Waals surface area contributed by atoms with Crippen LogP contribution in [-0.2, 0) is 17.1 Å². The first-order valence-electron chi connectivity index (χ1n) is 8.72. The smallest absolute Gasteiger partial charge is 0.242 e. The normalized spacial score (nSPS) is 18.5. The van der Waals surface area contributed by atoms with Crippen molar-refractivity contribution in [1.82, 2.24) is 19.5 Å². The van der Waals surface area contributed by atoms with Crippen LogP contribution in [0, 0.1) is 0 Å². The number of aliphatic imine (C=N–C) groups is 1. The minimum absolute atomic E-state index is 0.